The van der Waals surface area contributed by atoms with Gasteiger partial charge in [-0.25, -0.2) is 9.97 Å². The van der Waals surface area contributed by atoms with Crippen LogP contribution in [0, 0.1) is 6.92 Å². The maximum Gasteiger partial charge on any atom is 0.416 e. The monoisotopic (exact) mass is 593 g/mol. The first-order valence-electron chi connectivity index (χ1n) is 13.9. The predicted octanol–water partition coefficient (Wildman–Crippen LogP) is 4.86. The van der Waals surface area contributed by atoms with Gasteiger partial charge in [0.05, 0.1) is 16.8 Å². The molecule has 1 fully saturated rings. The SMILES string of the molecule is Cc1ccc(NC(=O)c2cccc(C(F)(F)F)c2)cc1Nc1nn(C)cc1-c1cc(NCCN2CCN(C)CC2)ncn1. The Hall–Kier alpha value is -4.49. The Kier molecular flexibility index (Phi) is 8.92. The topological polar surface area (TPSA) is 103 Å². The second kappa shape index (κ2) is 12.8. The van der Waals surface area contributed by atoms with Gasteiger partial charge in [0.25, 0.3) is 5.91 Å². The average molecular weight is 594 g/mol. The van der Waals surface area contributed by atoms with E-state index < -0.39 is 17.6 Å². The van der Waals surface area contributed by atoms with Crippen molar-refractivity contribution in [1.29, 1.82) is 0 Å². The highest BCUT2D eigenvalue weighted by atomic mass is 19.4. The first kappa shape index (κ1) is 30.0. The van der Waals surface area contributed by atoms with Crippen molar-refractivity contribution in [1.82, 2.24) is 29.5 Å². The first-order chi connectivity index (χ1) is 20.5. The lowest BCUT2D eigenvalue weighted by atomic mass is 10.1. The number of nitrogens with one attached hydrogen (secondary N) is 3. The molecule has 2 aromatic carbocycles. The Balaban J connectivity index is 1.28. The lowest BCUT2D eigenvalue weighted by Crippen LogP contribution is -2.45. The van der Waals surface area contributed by atoms with Crippen LogP contribution < -0.4 is 16.0 Å². The highest BCUT2D eigenvalue weighted by Gasteiger charge is 2.31. The van der Waals surface area contributed by atoms with Crippen LogP contribution in [0.1, 0.15) is 21.5 Å². The zero-order valence-electron chi connectivity index (χ0n) is 24.2. The molecule has 13 heteroatoms. The van der Waals surface area contributed by atoms with Crippen molar-refractivity contribution < 1.29 is 18.0 Å². The number of likely N-dealkylation sites (N-methyl/N-ethyl adjacent to an activating group) is 1. The highest BCUT2D eigenvalue weighted by Crippen LogP contribution is 2.32. The van der Waals surface area contributed by atoms with Gasteiger partial charge in [0.2, 0.25) is 0 Å². The van der Waals surface area contributed by atoms with Crippen LogP contribution >= 0.6 is 0 Å². The minimum Gasteiger partial charge on any atom is -0.369 e. The van der Waals surface area contributed by atoms with Crippen LogP contribution in [0.3, 0.4) is 0 Å². The van der Waals surface area contributed by atoms with E-state index in [1.54, 1.807) is 22.9 Å². The molecule has 1 saturated heterocycles. The molecule has 43 heavy (non-hydrogen) atoms. The van der Waals surface area contributed by atoms with Gasteiger partial charge in [-0.15, -0.1) is 0 Å². The van der Waals surface area contributed by atoms with Gasteiger partial charge in [0.1, 0.15) is 12.1 Å². The fourth-order valence-corrected chi connectivity index (χ4v) is 4.79. The number of alkyl halides is 3. The number of hydrogen-bond donors (Lipinski definition) is 3. The number of piperazine rings is 1. The van der Waals surface area contributed by atoms with Crippen LogP contribution in [0.5, 0.6) is 0 Å². The summed E-state index contributed by atoms with van der Waals surface area (Å²) < 4.78 is 41.0. The van der Waals surface area contributed by atoms with Gasteiger partial charge >= 0.3 is 6.18 Å². The van der Waals surface area contributed by atoms with Crippen molar-refractivity contribution >= 4 is 28.9 Å². The maximum atomic E-state index is 13.1. The van der Waals surface area contributed by atoms with Gasteiger partial charge in [0.15, 0.2) is 5.82 Å². The second-order valence-corrected chi connectivity index (χ2v) is 10.6. The Labute approximate surface area is 247 Å². The zero-order chi connectivity index (χ0) is 30.6. The Morgan fingerprint density at radius 2 is 1.79 bits per heavy atom. The largest absolute Gasteiger partial charge is 0.416 e. The fraction of sp³-hybridized carbons (Fsp3) is 0.333. The molecule has 0 spiro atoms. The van der Waals surface area contributed by atoms with Crippen molar-refractivity contribution in [3.63, 3.8) is 0 Å². The molecule has 0 saturated carbocycles. The molecule has 0 unspecified atom stereocenters. The van der Waals surface area contributed by atoms with E-state index in [9.17, 15) is 18.0 Å². The number of benzene rings is 2. The standard InChI is InChI=1S/C30H34F3N9O/c1-20-7-8-23(37-29(43)21-5-4-6-22(15-21)30(31,32)33)16-25(20)38-28-24(18-41(3)39-28)26-17-27(36-19-35-26)34-9-10-42-13-11-40(2)12-14-42/h4-8,15-19H,9-14H2,1-3H3,(H,37,43)(H,38,39)(H,34,35,36). The predicted molar refractivity (Wildman–Crippen MR) is 161 cm³/mol. The third-order valence-electron chi connectivity index (χ3n) is 7.30. The number of rotatable bonds is 9. The molecule has 10 nitrogen and oxygen atoms in total. The summed E-state index contributed by atoms with van der Waals surface area (Å²) in [4.78, 5) is 26.4. The lowest BCUT2D eigenvalue weighted by Gasteiger charge is -2.32. The van der Waals surface area contributed by atoms with Crippen LogP contribution in [0.15, 0.2) is 61.1 Å². The number of anilines is 4. The number of aryl methyl sites for hydroxylation is 2. The van der Waals surface area contributed by atoms with E-state index in [0.29, 0.717) is 28.7 Å². The highest BCUT2D eigenvalue weighted by molar-refractivity contribution is 6.04. The van der Waals surface area contributed by atoms with Gasteiger partial charge in [-0.05, 0) is 49.9 Å². The van der Waals surface area contributed by atoms with Crippen molar-refractivity contribution in [2.24, 2.45) is 7.05 Å². The van der Waals surface area contributed by atoms with Crippen molar-refractivity contribution in [2.45, 2.75) is 13.1 Å². The summed E-state index contributed by atoms with van der Waals surface area (Å²) in [5, 5.41) is 14.0. The first-order valence-corrected chi connectivity index (χ1v) is 13.9. The molecule has 0 bridgehead atoms. The van der Waals surface area contributed by atoms with Gasteiger partial charge in [-0.2, -0.15) is 18.3 Å². The Morgan fingerprint density at radius 3 is 2.56 bits per heavy atom. The van der Waals surface area contributed by atoms with Crippen LogP contribution in [0.25, 0.3) is 11.3 Å². The summed E-state index contributed by atoms with van der Waals surface area (Å²) >= 11 is 0. The summed E-state index contributed by atoms with van der Waals surface area (Å²) in [7, 11) is 3.95. The van der Waals surface area contributed by atoms with E-state index in [2.05, 4.69) is 47.9 Å². The van der Waals surface area contributed by atoms with E-state index in [0.717, 1.165) is 62.5 Å². The van der Waals surface area contributed by atoms with Crippen LogP contribution in [-0.2, 0) is 13.2 Å². The summed E-state index contributed by atoms with van der Waals surface area (Å²) in [6.07, 6.45) is -1.17. The summed E-state index contributed by atoms with van der Waals surface area (Å²) in [6.45, 7) is 7.82. The number of hydrogen-bond acceptors (Lipinski definition) is 8. The van der Waals surface area contributed by atoms with Crippen molar-refractivity contribution in [2.75, 3.05) is 62.3 Å². The molecule has 4 aromatic rings. The molecule has 5 rings (SSSR count). The van der Waals surface area contributed by atoms with Crippen LogP contribution in [0.2, 0.25) is 0 Å². The number of nitrogens with zero attached hydrogens (tertiary/aromatic N) is 6. The van der Waals surface area contributed by atoms with E-state index in [1.165, 1.54) is 18.5 Å². The molecule has 0 radical (unpaired) electrons. The molecular weight excluding hydrogens is 559 g/mol. The minimum atomic E-state index is -4.54. The number of halogens is 3. The van der Waals surface area contributed by atoms with Gasteiger partial charge in [-0.3, -0.25) is 14.4 Å². The molecule has 1 aliphatic rings. The molecule has 3 N–H and O–H groups in total. The lowest BCUT2D eigenvalue weighted by molar-refractivity contribution is -0.137. The summed E-state index contributed by atoms with van der Waals surface area (Å²) in [5.41, 5.74) is 2.43. The Morgan fingerprint density at radius 1 is 1.00 bits per heavy atom. The number of amides is 1. The van der Waals surface area contributed by atoms with Crippen molar-refractivity contribution in [3.05, 3.63) is 77.7 Å². The van der Waals surface area contributed by atoms with Crippen molar-refractivity contribution in [3.8, 4) is 11.3 Å². The summed E-state index contributed by atoms with van der Waals surface area (Å²) in [5.74, 6) is 0.617. The summed E-state index contributed by atoms with van der Waals surface area (Å²) in [6, 6.07) is 11.4. The molecule has 1 aliphatic heterocycles. The zero-order valence-corrected chi connectivity index (χ0v) is 24.2. The molecule has 3 heterocycles. The third-order valence-corrected chi connectivity index (χ3v) is 7.30. The van der Waals surface area contributed by atoms with Gasteiger partial charge < -0.3 is 20.9 Å². The molecule has 0 aliphatic carbocycles. The number of carbonyl (C=O) groups excluding carboxylic acids is 1. The smallest absolute Gasteiger partial charge is 0.369 e. The third kappa shape index (κ3) is 7.67. The quantitative estimate of drug-likeness (QED) is 0.253. The minimum absolute atomic E-state index is 0.0892. The Bertz CT molecular complexity index is 1580. The van der Waals surface area contributed by atoms with Gasteiger partial charge in [-0.1, -0.05) is 12.1 Å². The average Bonchev–Trinajstić information content (AvgIpc) is 3.35. The molecular formula is C30H34F3N9O. The van der Waals surface area contributed by atoms with E-state index >= 15 is 0 Å². The van der Waals surface area contributed by atoms with Gasteiger partial charge in [0, 0.05) is 75.5 Å². The normalized spacial score (nSPS) is 14.5. The number of aromatic nitrogens is 4. The van der Waals surface area contributed by atoms with E-state index in [4.69, 9.17) is 0 Å². The molecule has 226 valence electrons. The van der Waals surface area contributed by atoms with E-state index in [1.807, 2.05) is 26.2 Å². The van der Waals surface area contributed by atoms with Crippen LogP contribution in [-0.4, -0.2) is 81.8 Å². The van der Waals surface area contributed by atoms with E-state index in [-0.39, 0.29) is 5.56 Å². The fourth-order valence-electron chi connectivity index (χ4n) is 4.79. The number of carbonyl (C=O) groups is 1. The maximum absolute atomic E-state index is 13.1. The molecule has 1 amide bonds. The molecule has 0 atom stereocenters. The van der Waals surface area contributed by atoms with Crippen LogP contribution in [0.4, 0.5) is 36.2 Å². The second-order valence-electron chi connectivity index (χ2n) is 10.6. The molecule has 2 aromatic heterocycles.